The topological polar surface area (TPSA) is 59.6 Å². The predicted octanol–water partition coefficient (Wildman–Crippen LogP) is 3.37. The third-order valence-electron chi connectivity index (χ3n) is 6.09. The van der Waals surface area contributed by atoms with Gasteiger partial charge < -0.3 is 20.1 Å². The summed E-state index contributed by atoms with van der Waals surface area (Å²) in [5.41, 5.74) is 2.11. The maximum Gasteiger partial charge on any atom is 0.337 e. The number of nitrogens with one attached hydrogen (secondary N) is 2. The fourth-order valence-electron chi connectivity index (χ4n) is 4.62. The highest BCUT2D eigenvalue weighted by Gasteiger charge is 2.57. The molecule has 5 nitrogen and oxygen atoms in total. The molecule has 0 bridgehead atoms. The minimum Gasteiger partial charge on any atom is -0.465 e. The van der Waals surface area contributed by atoms with Crippen molar-refractivity contribution in [3.05, 3.63) is 29.3 Å². The molecule has 3 fully saturated rings. The van der Waals surface area contributed by atoms with E-state index >= 15 is 0 Å². The number of carbonyl (C=O) groups excluding carboxylic acids is 1. The second-order valence-electron chi connectivity index (χ2n) is 8.25. The van der Waals surface area contributed by atoms with E-state index in [9.17, 15) is 13.6 Å². The SMILES string of the molecule is COC(=O)c1ccc(C2CC3(CCN2)CC(F)(F)C3)c(NCC2COC2)c1. The molecular weight excluding hydrogens is 354 g/mol. The van der Waals surface area contributed by atoms with Crippen molar-refractivity contribution in [2.24, 2.45) is 11.3 Å². The van der Waals surface area contributed by atoms with Crippen LogP contribution in [0.5, 0.6) is 0 Å². The first kappa shape index (κ1) is 18.6. The first-order valence-corrected chi connectivity index (χ1v) is 9.55. The van der Waals surface area contributed by atoms with Gasteiger partial charge in [0.15, 0.2) is 0 Å². The van der Waals surface area contributed by atoms with E-state index in [4.69, 9.17) is 9.47 Å². The molecule has 1 aromatic rings. The summed E-state index contributed by atoms with van der Waals surface area (Å²) in [7, 11) is 1.36. The Morgan fingerprint density at radius 1 is 1.37 bits per heavy atom. The average molecular weight is 380 g/mol. The number of benzene rings is 1. The lowest BCUT2D eigenvalue weighted by Crippen LogP contribution is -2.52. The molecule has 0 aromatic heterocycles. The molecule has 2 saturated heterocycles. The van der Waals surface area contributed by atoms with Crippen LogP contribution < -0.4 is 10.6 Å². The molecule has 3 aliphatic rings. The molecule has 1 spiro atoms. The van der Waals surface area contributed by atoms with Crippen LogP contribution in [0.1, 0.15) is 47.6 Å². The van der Waals surface area contributed by atoms with E-state index in [1.165, 1.54) is 7.11 Å². The number of halogens is 2. The Morgan fingerprint density at radius 3 is 2.78 bits per heavy atom. The van der Waals surface area contributed by atoms with Crippen LogP contribution in [0.15, 0.2) is 18.2 Å². The second kappa shape index (κ2) is 7.02. The van der Waals surface area contributed by atoms with Crippen LogP contribution in [0.2, 0.25) is 0 Å². The fraction of sp³-hybridized carbons (Fsp3) is 0.650. The lowest BCUT2D eigenvalue weighted by Gasteiger charge is -2.52. The van der Waals surface area contributed by atoms with E-state index in [2.05, 4.69) is 10.6 Å². The van der Waals surface area contributed by atoms with E-state index in [-0.39, 0.29) is 30.3 Å². The van der Waals surface area contributed by atoms with Gasteiger partial charge in [-0.3, -0.25) is 0 Å². The Hall–Kier alpha value is -1.73. The van der Waals surface area contributed by atoms with Crippen LogP contribution in [-0.4, -0.2) is 45.3 Å². The van der Waals surface area contributed by atoms with E-state index in [1.54, 1.807) is 12.1 Å². The van der Waals surface area contributed by atoms with Crippen LogP contribution >= 0.6 is 0 Å². The van der Waals surface area contributed by atoms with E-state index in [1.807, 2.05) is 6.07 Å². The van der Waals surface area contributed by atoms with Crippen molar-refractivity contribution >= 4 is 11.7 Å². The molecule has 7 heteroatoms. The van der Waals surface area contributed by atoms with Gasteiger partial charge in [0.25, 0.3) is 0 Å². The van der Waals surface area contributed by atoms with Crippen molar-refractivity contribution in [3.63, 3.8) is 0 Å². The number of piperidine rings is 1. The number of hydrogen-bond acceptors (Lipinski definition) is 5. The zero-order chi connectivity index (χ0) is 19.1. The quantitative estimate of drug-likeness (QED) is 0.767. The predicted molar refractivity (Wildman–Crippen MR) is 97.2 cm³/mol. The highest BCUT2D eigenvalue weighted by molar-refractivity contribution is 5.90. The molecule has 0 radical (unpaired) electrons. The number of rotatable bonds is 5. The van der Waals surface area contributed by atoms with Crippen molar-refractivity contribution in [1.29, 1.82) is 0 Å². The van der Waals surface area contributed by atoms with E-state index < -0.39 is 5.92 Å². The van der Waals surface area contributed by atoms with Gasteiger partial charge in [-0.05, 0) is 42.5 Å². The Labute approximate surface area is 157 Å². The van der Waals surface area contributed by atoms with Crippen LogP contribution in [0.4, 0.5) is 14.5 Å². The number of alkyl halides is 2. The van der Waals surface area contributed by atoms with Gasteiger partial charge >= 0.3 is 5.97 Å². The molecule has 1 aliphatic carbocycles. The first-order chi connectivity index (χ1) is 12.9. The lowest BCUT2D eigenvalue weighted by atomic mass is 9.59. The minimum atomic E-state index is -2.51. The van der Waals surface area contributed by atoms with E-state index in [0.717, 1.165) is 44.0 Å². The second-order valence-corrected chi connectivity index (χ2v) is 8.25. The molecule has 1 atom stereocenters. The minimum absolute atomic E-state index is 0.00156. The largest absolute Gasteiger partial charge is 0.465 e. The van der Waals surface area contributed by atoms with E-state index in [0.29, 0.717) is 17.9 Å². The van der Waals surface area contributed by atoms with Gasteiger partial charge in [0, 0.05) is 37.0 Å². The highest BCUT2D eigenvalue weighted by atomic mass is 19.3. The maximum absolute atomic E-state index is 13.5. The molecule has 27 heavy (non-hydrogen) atoms. The summed E-state index contributed by atoms with van der Waals surface area (Å²) in [6.07, 6.45) is 1.46. The van der Waals surface area contributed by atoms with Gasteiger partial charge in [0.05, 0.1) is 25.9 Å². The number of methoxy groups -OCH3 is 1. The normalized spacial score (nSPS) is 26.1. The van der Waals surface area contributed by atoms with Crippen molar-refractivity contribution in [1.82, 2.24) is 5.32 Å². The molecule has 2 heterocycles. The van der Waals surface area contributed by atoms with Crippen LogP contribution in [0, 0.1) is 11.3 Å². The van der Waals surface area contributed by atoms with Crippen molar-refractivity contribution < 1.29 is 23.0 Å². The molecule has 2 aliphatic heterocycles. The molecule has 1 saturated carbocycles. The van der Waals surface area contributed by atoms with Gasteiger partial charge in [0.2, 0.25) is 5.92 Å². The summed E-state index contributed by atoms with van der Waals surface area (Å²) >= 11 is 0. The molecule has 148 valence electrons. The summed E-state index contributed by atoms with van der Waals surface area (Å²) in [6, 6.07) is 5.47. The van der Waals surface area contributed by atoms with Crippen molar-refractivity contribution in [2.45, 2.75) is 37.6 Å². The van der Waals surface area contributed by atoms with Crippen LogP contribution in [-0.2, 0) is 9.47 Å². The molecular formula is C20H26F2N2O3. The lowest BCUT2D eigenvalue weighted by molar-refractivity contribution is -0.174. The number of carbonyl (C=O) groups is 1. The smallest absolute Gasteiger partial charge is 0.337 e. The maximum atomic E-state index is 13.5. The standard InChI is InChI=1S/C20H26F2N2O3/c1-26-18(25)14-2-3-15(16(6-14)24-8-13-9-27-10-13)17-7-19(4-5-23-17)11-20(21,22)12-19/h2-3,6,13,17,23-24H,4-5,7-12H2,1H3. The molecule has 1 aromatic carbocycles. The van der Waals surface area contributed by atoms with Crippen molar-refractivity contribution in [2.75, 3.05) is 38.7 Å². The Bertz CT molecular complexity index is 713. The average Bonchev–Trinajstić information content (AvgIpc) is 2.58. The monoisotopic (exact) mass is 380 g/mol. The van der Waals surface area contributed by atoms with Crippen molar-refractivity contribution in [3.8, 4) is 0 Å². The number of ether oxygens (including phenoxy) is 2. The number of anilines is 1. The summed E-state index contributed by atoms with van der Waals surface area (Å²) in [4.78, 5) is 11.9. The first-order valence-electron chi connectivity index (χ1n) is 9.55. The third-order valence-corrected chi connectivity index (χ3v) is 6.09. The van der Waals surface area contributed by atoms with Gasteiger partial charge in [-0.25, -0.2) is 13.6 Å². The number of esters is 1. The zero-order valence-electron chi connectivity index (χ0n) is 15.5. The van der Waals surface area contributed by atoms with Gasteiger partial charge in [0.1, 0.15) is 0 Å². The summed E-state index contributed by atoms with van der Waals surface area (Å²) < 4.78 is 37.1. The molecule has 2 N–H and O–H groups in total. The Morgan fingerprint density at radius 2 is 2.15 bits per heavy atom. The summed E-state index contributed by atoms with van der Waals surface area (Å²) in [6.45, 7) is 2.96. The highest BCUT2D eigenvalue weighted by Crippen LogP contribution is 2.59. The number of hydrogen-bond donors (Lipinski definition) is 2. The van der Waals surface area contributed by atoms with Crippen LogP contribution in [0.3, 0.4) is 0 Å². The fourth-order valence-corrected chi connectivity index (χ4v) is 4.62. The summed E-state index contributed by atoms with van der Waals surface area (Å²) in [5, 5.41) is 6.91. The van der Waals surface area contributed by atoms with Gasteiger partial charge in [-0.15, -0.1) is 0 Å². The molecule has 1 unspecified atom stereocenters. The van der Waals surface area contributed by atoms with Gasteiger partial charge in [-0.2, -0.15) is 0 Å². The Kier molecular flexibility index (Phi) is 4.84. The Balaban J connectivity index is 1.55. The summed E-state index contributed by atoms with van der Waals surface area (Å²) in [5.74, 6) is -2.44. The molecule has 0 amide bonds. The zero-order valence-corrected chi connectivity index (χ0v) is 15.5. The van der Waals surface area contributed by atoms with Gasteiger partial charge in [-0.1, -0.05) is 6.07 Å². The van der Waals surface area contributed by atoms with Crippen LogP contribution in [0.25, 0.3) is 0 Å². The molecule has 4 rings (SSSR count). The third kappa shape index (κ3) is 3.80.